The molecule has 0 atom stereocenters. The Kier molecular flexibility index (Phi) is 6.19. The number of carbonyl (C=O) groups excluding carboxylic acids is 2. The molecule has 3 rings (SSSR count). The molecule has 0 fully saturated rings. The number of halogens is 3. The summed E-state index contributed by atoms with van der Waals surface area (Å²) in [5.74, 6) is -1.60. The van der Waals surface area contributed by atoms with Crippen LogP contribution in [0.1, 0.15) is 51.9 Å². The Morgan fingerprint density at radius 1 is 1.16 bits per heavy atom. The third kappa shape index (κ3) is 4.56. The summed E-state index contributed by atoms with van der Waals surface area (Å²) < 4.78 is 44.6. The summed E-state index contributed by atoms with van der Waals surface area (Å²) in [6.45, 7) is 3.75. The highest BCUT2D eigenvalue weighted by atomic mass is 19.4. The number of carbonyl (C=O) groups is 2. The number of benzene rings is 1. The smallest absolute Gasteiger partial charge is 0.416 e. The minimum absolute atomic E-state index is 0.0512. The van der Waals surface area contributed by atoms with Crippen molar-refractivity contribution in [3.05, 3.63) is 65.1 Å². The van der Waals surface area contributed by atoms with Gasteiger partial charge in [-0.05, 0) is 42.3 Å². The molecule has 2 aromatic heterocycles. The maximum absolute atomic E-state index is 12.8. The van der Waals surface area contributed by atoms with E-state index >= 15 is 0 Å². The van der Waals surface area contributed by atoms with E-state index in [9.17, 15) is 22.8 Å². The van der Waals surface area contributed by atoms with Gasteiger partial charge in [-0.2, -0.15) is 18.3 Å². The zero-order chi connectivity index (χ0) is 23.6. The molecule has 0 aliphatic carbocycles. The van der Waals surface area contributed by atoms with Crippen molar-refractivity contribution in [2.75, 3.05) is 18.2 Å². The van der Waals surface area contributed by atoms with E-state index in [1.54, 1.807) is 0 Å². The minimum Gasteiger partial charge on any atom is -0.464 e. The molecular weight excluding hydrogens is 427 g/mol. The van der Waals surface area contributed by atoms with Crippen LogP contribution in [0.2, 0.25) is 0 Å². The van der Waals surface area contributed by atoms with Crippen LogP contribution in [0.5, 0.6) is 0 Å². The molecule has 0 bridgehead atoms. The fourth-order valence-electron chi connectivity index (χ4n) is 2.97. The number of amides is 1. The molecule has 0 unspecified atom stereocenters. The zero-order valence-corrected chi connectivity index (χ0v) is 17.4. The second-order valence-electron chi connectivity index (χ2n) is 7.13. The number of alkyl halides is 3. The van der Waals surface area contributed by atoms with Crippen molar-refractivity contribution in [2.24, 2.45) is 0 Å². The minimum atomic E-state index is -4.55. The predicted molar refractivity (Wildman–Crippen MR) is 111 cm³/mol. The number of aromatic nitrogens is 3. The van der Waals surface area contributed by atoms with Gasteiger partial charge in [-0.15, -0.1) is 0 Å². The van der Waals surface area contributed by atoms with Crippen LogP contribution < -0.4 is 11.1 Å². The van der Waals surface area contributed by atoms with Crippen LogP contribution >= 0.6 is 0 Å². The summed E-state index contributed by atoms with van der Waals surface area (Å²) in [4.78, 5) is 28.4. The van der Waals surface area contributed by atoms with Crippen molar-refractivity contribution in [1.82, 2.24) is 14.8 Å². The molecule has 2 heterocycles. The molecule has 3 N–H and O–H groups in total. The van der Waals surface area contributed by atoms with Crippen molar-refractivity contribution in [3.8, 4) is 5.69 Å². The first kappa shape index (κ1) is 22.8. The molecule has 3 aromatic rings. The molecule has 1 aromatic carbocycles. The second kappa shape index (κ2) is 8.69. The number of nitrogens with two attached hydrogens (primary N) is 1. The molecule has 0 saturated heterocycles. The number of nitrogens with one attached hydrogen (secondary N) is 1. The monoisotopic (exact) mass is 447 g/mol. The van der Waals surface area contributed by atoms with Gasteiger partial charge in [-0.25, -0.2) is 14.5 Å². The summed E-state index contributed by atoms with van der Waals surface area (Å²) in [6.07, 6.45) is -3.59. The summed E-state index contributed by atoms with van der Waals surface area (Å²) >= 11 is 0. The van der Waals surface area contributed by atoms with Crippen molar-refractivity contribution in [2.45, 2.75) is 25.9 Å². The highest BCUT2D eigenvalue weighted by Crippen LogP contribution is 2.30. The summed E-state index contributed by atoms with van der Waals surface area (Å²) in [6, 6.07) is 7.48. The Hall–Kier alpha value is -3.89. The van der Waals surface area contributed by atoms with E-state index in [0.29, 0.717) is 11.4 Å². The summed E-state index contributed by atoms with van der Waals surface area (Å²) in [5, 5.41) is 6.73. The molecule has 0 radical (unpaired) electrons. The molecule has 0 saturated carbocycles. The molecular formula is C21H20F3N5O3. The lowest BCUT2D eigenvalue weighted by Crippen LogP contribution is -2.15. The van der Waals surface area contributed by atoms with E-state index in [2.05, 4.69) is 15.4 Å². The third-order valence-corrected chi connectivity index (χ3v) is 4.58. The van der Waals surface area contributed by atoms with Gasteiger partial charge in [0.25, 0.3) is 5.91 Å². The third-order valence-electron chi connectivity index (χ3n) is 4.58. The number of esters is 1. The maximum atomic E-state index is 12.8. The Bertz CT molecular complexity index is 1150. The summed E-state index contributed by atoms with van der Waals surface area (Å²) in [5.41, 5.74) is 6.54. The van der Waals surface area contributed by atoms with Gasteiger partial charge in [0.2, 0.25) is 0 Å². The van der Waals surface area contributed by atoms with E-state index < -0.39 is 23.6 Å². The molecule has 0 spiro atoms. The molecule has 168 valence electrons. The van der Waals surface area contributed by atoms with E-state index in [1.165, 1.54) is 36.1 Å². The fraction of sp³-hybridized carbons (Fsp3) is 0.238. The first-order chi connectivity index (χ1) is 15.0. The standard InChI is InChI=1S/C21H20F3N5O3/c1-11(2)17-16(25)18(20(31)32-3)29(28-17)14-6-4-12(5-7-14)19(30)27-15-10-13(8-9-26-15)21(22,23)24/h4-11H,25H2,1-3H3,(H,26,27,30). The average molecular weight is 447 g/mol. The van der Waals surface area contributed by atoms with Gasteiger partial charge in [0.15, 0.2) is 5.69 Å². The lowest BCUT2D eigenvalue weighted by Gasteiger charge is -2.10. The van der Waals surface area contributed by atoms with Crippen LogP contribution in [-0.2, 0) is 10.9 Å². The topological polar surface area (TPSA) is 112 Å². The van der Waals surface area contributed by atoms with Crippen LogP contribution in [0.15, 0.2) is 42.6 Å². The van der Waals surface area contributed by atoms with Gasteiger partial charge in [-0.1, -0.05) is 13.8 Å². The number of rotatable bonds is 5. The van der Waals surface area contributed by atoms with Crippen LogP contribution in [0.25, 0.3) is 5.69 Å². The number of ether oxygens (including phenoxy) is 1. The fourth-order valence-corrected chi connectivity index (χ4v) is 2.97. The average Bonchev–Trinajstić information content (AvgIpc) is 3.10. The molecule has 11 heteroatoms. The van der Waals surface area contributed by atoms with Crippen molar-refractivity contribution in [1.29, 1.82) is 0 Å². The quantitative estimate of drug-likeness (QED) is 0.571. The summed E-state index contributed by atoms with van der Waals surface area (Å²) in [7, 11) is 1.23. The second-order valence-corrected chi connectivity index (χ2v) is 7.13. The van der Waals surface area contributed by atoms with Gasteiger partial charge in [0.1, 0.15) is 5.82 Å². The number of anilines is 2. The Morgan fingerprint density at radius 2 is 1.81 bits per heavy atom. The normalized spacial score (nSPS) is 11.5. The van der Waals surface area contributed by atoms with Crippen LogP contribution in [-0.4, -0.2) is 33.8 Å². The molecule has 0 aliphatic rings. The molecule has 32 heavy (non-hydrogen) atoms. The van der Waals surface area contributed by atoms with Crippen molar-refractivity contribution < 1.29 is 27.5 Å². The van der Waals surface area contributed by atoms with E-state index in [0.717, 1.165) is 18.3 Å². The number of nitrogen functional groups attached to an aromatic ring is 1. The number of hydrogen-bond donors (Lipinski definition) is 2. The van der Waals surface area contributed by atoms with Crippen LogP contribution in [0.4, 0.5) is 24.7 Å². The van der Waals surface area contributed by atoms with Crippen LogP contribution in [0.3, 0.4) is 0 Å². The van der Waals surface area contributed by atoms with Gasteiger partial charge in [0.05, 0.1) is 29.7 Å². The largest absolute Gasteiger partial charge is 0.464 e. The highest BCUT2D eigenvalue weighted by molar-refractivity contribution is 6.04. The Morgan fingerprint density at radius 3 is 2.38 bits per heavy atom. The molecule has 0 aliphatic heterocycles. The molecule has 8 nitrogen and oxygen atoms in total. The van der Waals surface area contributed by atoms with Crippen molar-refractivity contribution >= 4 is 23.4 Å². The number of methoxy groups -OCH3 is 1. The van der Waals surface area contributed by atoms with Gasteiger partial charge < -0.3 is 15.8 Å². The first-order valence-corrected chi connectivity index (χ1v) is 9.44. The lowest BCUT2D eigenvalue weighted by atomic mass is 10.1. The predicted octanol–water partition coefficient (Wildman–Crippen LogP) is 4.03. The highest BCUT2D eigenvalue weighted by Gasteiger charge is 2.31. The number of pyridine rings is 1. The Labute approximate surface area is 181 Å². The van der Waals surface area contributed by atoms with Crippen molar-refractivity contribution in [3.63, 3.8) is 0 Å². The first-order valence-electron chi connectivity index (χ1n) is 9.44. The molecule has 1 amide bonds. The number of nitrogens with zero attached hydrogens (tertiary/aromatic N) is 3. The van der Waals surface area contributed by atoms with Gasteiger partial charge >= 0.3 is 12.1 Å². The zero-order valence-electron chi connectivity index (χ0n) is 17.4. The SMILES string of the molecule is COC(=O)c1c(N)c(C(C)C)nn1-c1ccc(C(=O)Nc2cc(C(F)(F)F)ccn2)cc1. The van der Waals surface area contributed by atoms with Gasteiger partial charge in [-0.3, -0.25) is 4.79 Å². The Balaban J connectivity index is 1.88. The van der Waals surface area contributed by atoms with E-state index in [1.807, 2.05) is 13.8 Å². The van der Waals surface area contributed by atoms with E-state index in [4.69, 9.17) is 10.5 Å². The lowest BCUT2D eigenvalue weighted by molar-refractivity contribution is -0.137. The maximum Gasteiger partial charge on any atom is 0.416 e. The number of hydrogen-bond acceptors (Lipinski definition) is 6. The van der Waals surface area contributed by atoms with E-state index in [-0.39, 0.29) is 28.7 Å². The van der Waals surface area contributed by atoms with Crippen LogP contribution in [0, 0.1) is 0 Å². The van der Waals surface area contributed by atoms with Gasteiger partial charge in [0, 0.05) is 11.8 Å².